The maximum atomic E-state index is 13.4. The maximum Gasteiger partial charge on any atom is 0.317 e. The van der Waals surface area contributed by atoms with Crippen LogP contribution >= 0.6 is 0 Å². The highest BCUT2D eigenvalue weighted by atomic mass is 19.1. The summed E-state index contributed by atoms with van der Waals surface area (Å²) in [6, 6.07) is 1.68. The Kier molecular flexibility index (Phi) is 5.89. The molecular formula is C21H26FN9O. The van der Waals surface area contributed by atoms with E-state index in [4.69, 9.17) is 10.7 Å². The molecule has 32 heavy (non-hydrogen) atoms. The van der Waals surface area contributed by atoms with Crippen LogP contribution in [-0.2, 0) is 5.54 Å². The second-order valence-electron chi connectivity index (χ2n) is 7.66. The van der Waals surface area contributed by atoms with Gasteiger partial charge < -0.3 is 16.0 Å². The number of hydrogen-bond donors (Lipinski definition) is 2. The van der Waals surface area contributed by atoms with Gasteiger partial charge in [0.2, 0.25) is 0 Å². The van der Waals surface area contributed by atoms with Crippen molar-refractivity contribution < 1.29 is 9.18 Å². The van der Waals surface area contributed by atoms with Crippen molar-refractivity contribution in [3.63, 3.8) is 0 Å². The number of aromatic nitrogens is 5. The van der Waals surface area contributed by atoms with Crippen LogP contribution in [0, 0.1) is 0 Å². The number of hydrogen-bond acceptors (Lipinski definition) is 6. The standard InChI is InChI=1S/C21H26FN9O/c1-3-25-20(32)29-13-21(14-29,4-5-22)31-12-16(11-27-31)19-28-17(15(9-23)10-24-2)8-18-26-6-7-30(18)19/h6-12H,3-5,13-14,23H2,1-2H3,(H,25,32)/b15-9+,24-10?. The number of nitrogens with one attached hydrogen (secondary N) is 1. The molecule has 1 aliphatic rings. The second-order valence-corrected chi connectivity index (χ2v) is 7.66. The van der Waals surface area contributed by atoms with E-state index < -0.39 is 12.2 Å². The zero-order valence-electron chi connectivity index (χ0n) is 18.1. The average Bonchev–Trinajstić information content (AvgIpc) is 3.43. The molecule has 0 unspecified atom stereocenters. The molecule has 11 heteroatoms. The lowest BCUT2D eigenvalue weighted by Crippen LogP contribution is -2.66. The topological polar surface area (TPSA) is 119 Å². The number of halogens is 1. The number of allylic oxidation sites excluding steroid dienone is 1. The smallest absolute Gasteiger partial charge is 0.317 e. The fourth-order valence-corrected chi connectivity index (χ4v) is 3.97. The molecule has 0 radical (unpaired) electrons. The van der Waals surface area contributed by atoms with Gasteiger partial charge in [-0.1, -0.05) is 0 Å². The van der Waals surface area contributed by atoms with Crippen LogP contribution in [0.15, 0.2) is 42.0 Å². The second kappa shape index (κ2) is 8.77. The lowest BCUT2D eigenvalue weighted by atomic mass is 9.87. The van der Waals surface area contributed by atoms with Gasteiger partial charge in [-0.25, -0.2) is 14.8 Å². The largest absolute Gasteiger partial charge is 0.404 e. The van der Waals surface area contributed by atoms with E-state index in [0.29, 0.717) is 42.4 Å². The highest BCUT2D eigenvalue weighted by Gasteiger charge is 2.47. The molecule has 3 aromatic rings. The molecule has 1 fully saturated rings. The lowest BCUT2D eigenvalue weighted by molar-refractivity contribution is 0.0195. The summed E-state index contributed by atoms with van der Waals surface area (Å²) in [6.07, 6.45) is 10.4. The fourth-order valence-electron chi connectivity index (χ4n) is 3.97. The van der Waals surface area contributed by atoms with E-state index in [0.717, 1.165) is 5.56 Å². The van der Waals surface area contributed by atoms with E-state index in [9.17, 15) is 9.18 Å². The first-order valence-corrected chi connectivity index (χ1v) is 10.4. The van der Waals surface area contributed by atoms with E-state index in [1.807, 2.05) is 29.8 Å². The Morgan fingerprint density at radius 3 is 2.94 bits per heavy atom. The van der Waals surface area contributed by atoms with Gasteiger partial charge in [0.25, 0.3) is 0 Å². The number of aliphatic imine (C=N–C) groups is 1. The number of nitrogens with two attached hydrogens (primary N) is 1. The van der Waals surface area contributed by atoms with Crippen molar-refractivity contribution in [1.82, 2.24) is 34.4 Å². The van der Waals surface area contributed by atoms with Crippen LogP contribution in [0.5, 0.6) is 0 Å². The molecule has 0 aliphatic carbocycles. The van der Waals surface area contributed by atoms with Crippen molar-refractivity contribution in [2.24, 2.45) is 10.7 Å². The van der Waals surface area contributed by atoms with Crippen molar-refractivity contribution in [1.29, 1.82) is 0 Å². The molecule has 4 heterocycles. The number of likely N-dealkylation sites (tertiary alicyclic amines) is 1. The summed E-state index contributed by atoms with van der Waals surface area (Å²) >= 11 is 0. The van der Waals surface area contributed by atoms with Crippen LogP contribution in [0.3, 0.4) is 0 Å². The predicted octanol–water partition coefficient (Wildman–Crippen LogP) is 1.69. The first kappa shape index (κ1) is 21.5. The average molecular weight is 439 g/mol. The van der Waals surface area contributed by atoms with Gasteiger partial charge in [0.05, 0.1) is 24.1 Å². The summed E-state index contributed by atoms with van der Waals surface area (Å²) < 4.78 is 17.0. The van der Waals surface area contributed by atoms with Gasteiger partial charge in [0.1, 0.15) is 17.0 Å². The number of rotatable bonds is 7. The normalized spacial score (nSPS) is 16.0. The van der Waals surface area contributed by atoms with Crippen LogP contribution < -0.4 is 11.1 Å². The molecular weight excluding hydrogens is 413 g/mol. The van der Waals surface area contributed by atoms with Crippen molar-refractivity contribution in [2.45, 2.75) is 18.9 Å². The molecule has 0 saturated carbocycles. The number of carbonyl (C=O) groups is 1. The molecule has 4 rings (SSSR count). The highest BCUT2D eigenvalue weighted by Crippen LogP contribution is 2.34. The third kappa shape index (κ3) is 3.70. The quantitative estimate of drug-likeness (QED) is 0.543. The SMILES string of the molecule is CCNC(=O)N1CC(CCF)(n2cc(-c3nc(/C(C=NC)=C/N)cc4nccn34)cn2)C1. The number of fused-ring (bicyclic) bond motifs is 1. The van der Waals surface area contributed by atoms with Gasteiger partial charge >= 0.3 is 6.03 Å². The number of imidazole rings is 1. The zero-order chi connectivity index (χ0) is 22.7. The molecule has 3 N–H and O–H groups in total. The number of urea groups is 1. The molecule has 0 aromatic carbocycles. The summed E-state index contributed by atoms with van der Waals surface area (Å²) in [5, 5.41) is 7.30. The fraction of sp³-hybridized carbons (Fsp3) is 0.381. The van der Waals surface area contributed by atoms with Crippen molar-refractivity contribution in [2.75, 3.05) is 33.4 Å². The van der Waals surface area contributed by atoms with Gasteiger partial charge in [-0.05, 0) is 6.92 Å². The Bertz CT molecular complexity index is 1170. The van der Waals surface area contributed by atoms with Gasteiger partial charge in [0, 0.05) is 75.7 Å². The van der Waals surface area contributed by atoms with E-state index in [1.54, 1.807) is 35.2 Å². The Balaban J connectivity index is 1.70. The van der Waals surface area contributed by atoms with Crippen molar-refractivity contribution >= 4 is 23.5 Å². The molecule has 3 aromatic heterocycles. The summed E-state index contributed by atoms with van der Waals surface area (Å²) in [5.41, 5.74) is 7.92. The van der Waals surface area contributed by atoms with Gasteiger partial charge in [-0.3, -0.25) is 18.5 Å². The summed E-state index contributed by atoms with van der Waals surface area (Å²) in [7, 11) is 1.66. The minimum Gasteiger partial charge on any atom is -0.404 e. The van der Waals surface area contributed by atoms with E-state index >= 15 is 0 Å². The summed E-state index contributed by atoms with van der Waals surface area (Å²) in [5.74, 6) is 0.625. The van der Waals surface area contributed by atoms with Crippen LogP contribution in [0.1, 0.15) is 19.0 Å². The van der Waals surface area contributed by atoms with E-state index in [2.05, 4.69) is 20.4 Å². The Morgan fingerprint density at radius 1 is 1.44 bits per heavy atom. The maximum absolute atomic E-state index is 13.4. The number of nitrogens with zero attached hydrogens (tertiary/aromatic N) is 7. The molecule has 0 bridgehead atoms. The Hall–Kier alpha value is -3.76. The van der Waals surface area contributed by atoms with Crippen LogP contribution in [0.2, 0.25) is 0 Å². The van der Waals surface area contributed by atoms with Gasteiger partial charge in [0.15, 0.2) is 0 Å². The van der Waals surface area contributed by atoms with Crippen LogP contribution in [0.4, 0.5) is 9.18 Å². The number of alkyl halides is 1. The first-order valence-electron chi connectivity index (χ1n) is 10.4. The lowest BCUT2D eigenvalue weighted by Gasteiger charge is -2.49. The minimum atomic E-state index is -0.582. The minimum absolute atomic E-state index is 0.150. The van der Waals surface area contributed by atoms with E-state index in [-0.39, 0.29) is 12.5 Å². The Morgan fingerprint density at radius 2 is 2.25 bits per heavy atom. The van der Waals surface area contributed by atoms with Crippen LogP contribution in [-0.4, -0.2) is 74.7 Å². The monoisotopic (exact) mass is 439 g/mol. The molecule has 2 amide bonds. The van der Waals surface area contributed by atoms with Gasteiger partial charge in [-0.15, -0.1) is 0 Å². The molecule has 168 valence electrons. The van der Waals surface area contributed by atoms with Crippen molar-refractivity contribution in [3.8, 4) is 11.4 Å². The predicted molar refractivity (Wildman–Crippen MR) is 120 cm³/mol. The molecule has 0 spiro atoms. The third-order valence-electron chi connectivity index (χ3n) is 5.61. The first-order chi connectivity index (χ1) is 15.5. The zero-order valence-corrected chi connectivity index (χ0v) is 18.1. The Labute approximate surface area is 184 Å². The van der Waals surface area contributed by atoms with Gasteiger partial charge in [-0.2, -0.15) is 5.10 Å². The summed E-state index contributed by atoms with van der Waals surface area (Å²) in [4.78, 5) is 27.0. The number of carbonyl (C=O) groups excluding carboxylic acids is 1. The summed E-state index contributed by atoms with van der Waals surface area (Å²) in [6.45, 7) is 2.69. The number of amides is 2. The molecule has 10 nitrogen and oxygen atoms in total. The van der Waals surface area contributed by atoms with E-state index in [1.165, 1.54) is 6.20 Å². The van der Waals surface area contributed by atoms with Crippen molar-refractivity contribution in [3.05, 3.63) is 42.7 Å². The highest BCUT2D eigenvalue weighted by molar-refractivity contribution is 6.09. The third-order valence-corrected chi connectivity index (χ3v) is 5.61. The molecule has 1 aliphatic heterocycles. The molecule has 0 atom stereocenters. The molecule has 1 saturated heterocycles. The van der Waals surface area contributed by atoms with Crippen LogP contribution in [0.25, 0.3) is 22.6 Å².